The topological polar surface area (TPSA) is 77.8 Å². The number of aliphatic carboxylic acids is 1. The van der Waals surface area contributed by atoms with Crippen molar-refractivity contribution in [3.63, 3.8) is 0 Å². The Labute approximate surface area is 64.8 Å². The summed E-state index contributed by atoms with van der Waals surface area (Å²) in [6, 6.07) is 0. The fraction of sp³-hybridized carbons (Fsp3) is 0.571. The molecule has 0 radical (unpaired) electrons. The lowest BCUT2D eigenvalue weighted by Gasteiger charge is -2.08. The van der Waals surface area contributed by atoms with Crippen molar-refractivity contribution in [2.24, 2.45) is 0 Å². The van der Waals surface area contributed by atoms with E-state index in [-0.39, 0.29) is 5.57 Å². The maximum absolute atomic E-state index is 10.2. The quantitative estimate of drug-likeness (QED) is 0.498. The molecule has 2 unspecified atom stereocenters. The molecule has 4 heteroatoms. The first-order chi connectivity index (χ1) is 4.95. The molecule has 0 saturated heterocycles. The molecular weight excluding hydrogens is 148 g/mol. The van der Waals surface area contributed by atoms with Gasteiger partial charge in [-0.1, -0.05) is 0 Å². The zero-order valence-corrected chi connectivity index (χ0v) is 6.48. The van der Waals surface area contributed by atoms with Gasteiger partial charge in [0.15, 0.2) is 0 Å². The SMILES string of the molecule is CC(=CC(O)C(C)O)C(=O)O. The highest BCUT2D eigenvalue weighted by molar-refractivity contribution is 5.85. The highest BCUT2D eigenvalue weighted by Crippen LogP contribution is 1.99. The van der Waals surface area contributed by atoms with Gasteiger partial charge in [0.05, 0.1) is 12.2 Å². The Balaban J connectivity index is 4.19. The second kappa shape index (κ2) is 4.10. The number of aliphatic hydroxyl groups is 2. The molecule has 11 heavy (non-hydrogen) atoms. The van der Waals surface area contributed by atoms with E-state index < -0.39 is 18.2 Å². The fourth-order valence-electron chi connectivity index (χ4n) is 0.467. The van der Waals surface area contributed by atoms with Crippen LogP contribution in [0.5, 0.6) is 0 Å². The number of hydrogen-bond donors (Lipinski definition) is 3. The van der Waals surface area contributed by atoms with Crippen LogP contribution in [-0.2, 0) is 4.79 Å². The van der Waals surface area contributed by atoms with Crippen LogP contribution in [0.1, 0.15) is 13.8 Å². The van der Waals surface area contributed by atoms with Crippen LogP contribution in [0.3, 0.4) is 0 Å². The van der Waals surface area contributed by atoms with Crippen LogP contribution in [0, 0.1) is 0 Å². The van der Waals surface area contributed by atoms with Crippen LogP contribution in [0.2, 0.25) is 0 Å². The Bertz CT molecular complexity index is 171. The normalized spacial score (nSPS) is 17.6. The van der Waals surface area contributed by atoms with E-state index in [0.29, 0.717) is 0 Å². The van der Waals surface area contributed by atoms with Crippen molar-refractivity contribution in [2.45, 2.75) is 26.1 Å². The molecule has 0 fully saturated rings. The summed E-state index contributed by atoms with van der Waals surface area (Å²) >= 11 is 0. The van der Waals surface area contributed by atoms with Crippen molar-refractivity contribution < 1.29 is 20.1 Å². The van der Waals surface area contributed by atoms with E-state index in [0.717, 1.165) is 6.08 Å². The van der Waals surface area contributed by atoms with Crippen LogP contribution in [0.4, 0.5) is 0 Å². The summed E-state index contributed by atoms with van der Waals surface area (Å²) in [4.78, 5) is 10.2. The standard InChI is InChI=1S/C7H12O4/c1-4(7(10)11)3-6(9)5(2)8/h3,5-6,8-9H,1-2H3,(H,10,11). The van der Waals surface area contributed by atoms with Crippen LogP contribution in [0.15, 0.2) is 11.6 Å². The van der Waals surface area contributed by atoms with Crippen molar-refractivity contribution in [3.8, 4) is 0 Å². The second-order valence-electron chi connectivity index (χ2n) is 2.39. The lowest BCUT2D eigenvalue weighted by atomic mass is 10.1. The number of carbonyl (C=O) groups is 1. The third-order valence-corrected chi connectivity index (χ3v) is 1.25. The molecule has 0 heterocycles. The molecule has 0 saturated carbocycles. The van der Waals surface area contributed by atoms with Gasteiger partial charge in [0.1, 0.15) is 0 Å². The summed E-state index contributed by atoms with van der Waals surface area (Å²) < 4.78 is 0. The molecule has 0 rings (SSSR count). The molecule has 4 nitrogen and oxygen atoms in total. The molecular formula is C7H12O4. The van der Waals surface area contributed by atoms with Gasteiger partial charge in [0, 0.05) is 5.57 Å². The summed E-state index contributed by atoms with van der Waals surface area (Å²) in [5.41, 5.74) is 0.0263. The maximum Gasteiger partial charge on any atom is 0.331 e. The van der Waals surface area contributed by atoms with Gasteiger partial charge < -0.3 is 15.3 Å². The van der Waals surface area contributed by atoms with Crippen LogP contribution in [0.25, 0.3) is 0 Å². The van der Waals surface area contributed by atoms with Gasteiger partial charge in [-0.15, -0.1) is 0 Å². The average molecular weight is 160 g/mol. The lowest BCUT2D eigenvalue weighted by molar-refractivity contribution is -0.132. The molecule has 0 aliphatic heterocycles. The van der Waals surface area contributed by atoms with E-state index in [2.05, 4.69) is 0 Å². The van der Waals surface area contributed by atoms with Gasteiger partial charge >= 0.3 is 5.97 Å². The molecule has 0 aromatic carbocycles. The minimum atomic E-state index is -1.11. The molecule has 0 spiro atoms. The van der Waals surface area contributed by atoms with Gasteiger partial charge in [0.25, 0.3) is 0 Å². The van der Waals surface area contributed by atoms with E-state index in [1.165, 1.54) is 13.8 Å². The van der Waals surface area contributed by atoms with E-state index >= 15 is 0 Å². The Morgan fingerprint density at radius 2 is 1.91 bits per heavy atom. The van der Waals surface area contributed by atoms with Crippen molar-refractivity contribution in [1.82, 2.24) is 0 Å². The van der Waals surface area contributed by atoms with Gasteiger partial charge in [0.2, 0.25) is 0 Å². The maximum atomic E-state index is 10.2. The van der Waals surface area contributed by atoms with Gasteiger partial charge in [-0.2, -0.15) is 0 Å². The number of rotatable bonds is 3. The summed E-state index contributed by atoms with van der Waals surface area (Å²) in [6.45, 7) is 2.74. The number of hydrogen-bond acceptors (Lipinski definition) is 3. The van der Waals surface area contributed by atoms with E-state index in [9.17, 15) is 4.79 Å². The molecule has 2 atom stereocenters. The summed E-state index contributed by atoms with van der Waals surface area (Å²) in [7, 11) is 0. The smallest absolute Gasteiger partial charge is 0.331 e. The Kier molecular flexibility index (Phi) is 3.78. The number of carboxylic acids is 1. The van der Waals surface area contributed by atoms with Gasteiger partial charge in [-0.25, -0.2) is 4.79 Å². The predicted molar refractivity (Wildman–Crippen MR) is 39.1 cm³/mol. The highest BCUT2D eigenvalue weighted by atomic mass is 16.4. The van der Waals surface area contributed by atoms with E-state index in [4.69, 9.17) is 15.3 Å². The number of aliphatic hydroxyl groups excluding tert-OH is 2. The van der Waals surface area contributed by atoms with Gasteiger partial charge in [-0.3, -0.25) is 0 Å². The molecule has 64 valence electrons. The van der Waals surface area contributed by atoms with Crippen LogP contribution < -0.4 is 0 Å². The van der Waals surface area contributed by atoms with Gasteiger partial charge in [-0.05, 0) is 19.9 Å². The molecule has 0 bridgehead atoms. The molecule has 0 aliphatic rings. The van der Waals surface area contributed by atoms with Crippen LogP contribution >= 0.6 is 0 Å². The monoisotopic (exact) mass is 160 g/mol. The third kappa shape index (κ3) is 3.75. The summed E-state index contributed by atoms with van der Waals surface area (Å²) in [5.74, 6) is -1.09. The zero-order chi connectivity index (χ0) is 9.02. The Hall–Kier alpha value is -0.870. The molecule has 3 N–H and O–H groups in total. The zero-order valence-electron chi connectivity index (χ0n) is 6.48. The van der Waals surface area contributed by atoms with E-state index in [1.54, 1.807) is 0 Å². The Morgan fingerprint density at radius 1 is 1.45 bits per heavy atom. The first-order valence-corrected chi connectivity index (χ1v) is 3.23. The molecule has 0 aromatic heterocycles. The van der Waals surface area contributed by atoms with E-state index in [1.807, 2.05) is 0 Å². The highest BCUT2D eigenvalue weighted by Gasteiger charge is 2.09. The minimum Gasteiger partial charge on any atom is -0.478 e. The fourth-order valence-corrected chi connectivity index (χ4v) is 0.467. The van der Waals surface area contributed by atoms with Crippen molar-refractivity contribution in [2.75, 3.05) is 0 Å². The summed E-state index contributed by atoms with van der Waals surface area (Å²) in [5, 5.41) is 26.1. The molecule has 0 aliphatic carbocycles. The van der Waals surface area contributed by atoms with Crippen LogP contribution in [-0.4, -0.2) is 33.5 Å². The first-order valence-electron chi connectivity index (χ1n) is 3.23. The lowest BCUT2D eigenvalue weighted by Crippen LogP contribution is -2.20. The first kappa shape index (κ1) is 10.1. The number of carboxylic acid groups (broad SMARTS) is 1. The largest absolute Gasteiger partial charge is 0.478 e. The third-order valence-electron chi connectivity index (χ3n) is 1.25. The average Bonchev–Trinajstić information content (AvgIpc) is 1.87. The second-order valence-corrected chi connectivity index (χ2v) is 2.39. The molecule has 0 amide bonds. The van der Waals surface area contributed by atoms with Crippen molar-refractivity contribution in [1.29, 1.82) is 0 Å². The molecule has 0 aromatic rings. The summed E-state index contributed by atoms with van der Waals surface area (Å²) in [6.07, 6.45) is -0.942. The van der Waals surface area contributed by atoms with Crippen molar-refractivity contribution in [3.05, 3.63) is 11.6 Å². The predicted octanol–water partition coefficient (Wildman–Crippen LogP) is -0.241. The minimum absolute atomic E-state index is 0.0263. The van der Waals surface area contributed by atoms with Crippen molar-refractivity contribution >= 4 is 5.97 Å². The Morgan fingerprint density at radius 3 is 2.18 bits per heavy atom.